The molecule has 0 aliphatic carbocycles. The molecule has 2 aliphatic rings. The highest BCUT2D eigenvalue weighted by Gasteiger charge is 2.35. The summed E-state index contributed by atoms with van der Waals surface area (Å²) in [6.45, 7) is 10.5. The zero-order valence-electron chi connectivity index (χ0n) is 26.0. The van der Waals surface area contributed by atoms with E-state index in [1.807, 2.05) is 38.4 Å². The monoisotopic (exact) mass is 584 g/mol. The predicted molar refractivity (Wildman–Crippen MR) is 169 cm³/mol. The van der Waals surface area contributed by atoms with E-state index in [0.717, 1.165) is 74.0 Å². The molecule has 1 aromatic carbocycles. The number of aryl methyl sites for hydroxylation is 1. The number of aromatic hydroxyl groups is 1. The average molecular weight is 585 g/mol. The quantitative estimate of drug-likeness (QED) is 0.129. The Morgan fingerprint density at radius 1 is 1.19 bits per heavy atom. The highest BCUT2D eigenvalue weighted by molar-refractivity contribution is 5.84. The van der Waals surface area contributed by atoms with E-state index in [0.29, 0.717) is 18.9 Å². The maximum absolute atomic E-state index is 10.5. The minimum Gasteiger partial charge on any atom is -0.504 e. The van der Waals surface area contributed by atoms with Crippen LogP contribution >= 0.6 is 0 Å². The number of aliphatic imine (C=N–C) groups is 1. The van der Waals surface area contributed by atoms with Crippen molar-refractivity contribution in [1.29, 1.82) is 0 Å². The van der Waals surface area contributed by atoms with Crippen molar-refractivity contribution in [3.63, 3.8) is 0 Å². The molecule has 0 radical (unpaired) electrons. The molecule has 0 bridgehead atoms. The van der Waals surface area contributed by atoms with Crippen LogP contribution in [0.2, 0.25) is 0 Å². The molecule has 234 valence electrons. The summed E-state index contributed by atoms with van der Waals surface area (Å²) in [7, 11) is 1.93. The van der Waals surface area contributed by atoms with E-state index < -0.39 is 6.10 Å². The van der Waals surface area contributed by atoms with E-state index in [-0.39, 0.29) is 36.5 Å². The van der Waals surface area contributed by atoms with Crippen molar-refractivity contribution in [2.24, 2.45) is 10.9 Å². The Morgan fingerprint density at radius 3 is 2.69 bits per heavy atom. The van der Waals surface area contributed by atoms with Crippen molar-refractivity contribution >= 4 is 6.21 Å². The summed E-state index contributed by atoms with van der Waals surface area (Å²) in [5.41, 5.74) is 3.12. The third kappa shape index (κ3) is 10.0. The predicted octanol–water partition coefficient (Wildman–Crippen LogP) is 3.46. The second-order valence-corrected chi connectivity index (χ2v) is 11.4. The number of unbranched alkanes of at least 4 members (excludes halogenated alkanes) is 1. The van der Waals surface area contributed by atoms with Crippen molar-refractivity contribution in [2.45, 2.75) is 84.1 Å². The number of hydrogen-bond donors (Lipinski definition) is 6. The molecule has 6 N–H and O–H groups in total. The second kappa shape index (κ2) is 17.6. The average Bonchev–Trinajstić information content (AvgIpc) is 3.63. The molecular formula is C33H52N4O5. The fourth-order valence-corrected chi connectivity index (χ4v) is 5.30. The first-order valence-corrected chi connectivity index (χ1v) is 15.5. The molecule has 9 heteroatoms. The van der Waals surface area contributed by atoms with Gasteiger partial charge in [-0.3, -0.25) is 5.32 Å². The van der Waals surface area contributed by atoms with Crippen LogP contribution in [0.15, 0.2) is 46.5 Å². The largest absolute Gasteiger partial charge is 0.504 e. The number of likely N-dealkylation sites (N-methyl/N-ethyl adjacent to an activating group) is 2. The highest BCUT2D eigenvalue weighted by Crippen LogP contribution is 2.33. The molecule has 0 saturated carbocycles. The van der Waals surface area contributed by atoms with Gasteiger partial charge >= 0.3 is 0 Å². The van der Waals surface area contributed by atoms with Gasteiger partial charge in [0.25, 0.3) is 0 Å². The van der Waals surface area contributed by atoms with E-state index in [2.05, 4.69) is 35.9 Å². The minimum atomic E-state index is -0.413. The Hall–Kier alpha value is -2.53. The molecule has 0 aromatic heterocycles. The Bertz CT molecular complexity index is 1040. The summed E-state index contributed by atoms with van der Waals surface area (Å²) in [6.07, 6.45) is 11.0. The maximum atomic E-state index is 10.5. The number of nitrogens with one attached hydrogen (secondary N) is 3. The Kier molecular flexibility index (Phi) is 14.2. The Balaban J connectivity index is 1.59. The van der Waals surface area contributed by atoms with Crippen LogP contribution in [0.5, 0.6) is 11.5 Å². The van der Waals surface area contributed by atoms with E-state index in [9.17, 15) is 15.3 Å². The standard InChI is InChI=1S/C33H52N4O5/c1-6-8-9-32-26(20-38)15-27(42-32)12-10-24-11-13-31(40)33(14-24)41-21-30(35-7-2)28-16-25(18-37-28)23(4)29(19-34-5)36-17-22(3)39/h11,13-16,18,22-23,29-30,32,34-36,38-40H,6-10,12,17,19-21H2,1-5H3. The molecule has 0 amide bonds. The van der Waals surface area contributed by atoms with E-state index in [4.69, 9.17) is 14.5 Å². The summed E-state index contributed by atoms with van der Waals surface area (Å²) in [6, 6.07) is 6.37. The van der Waals surface area contributed by atoms with Crippen molar-refractivity contribution in [1.82, 2.24) is 16.0 Å². The number of nitrogens with zero attached hydrogens (tertiary/aromatic N) is 1. The van der Waals surface area contributed by atoms with Crippen LogP contribution in [0.1, 0.15) is 58.9 Å². The van der Waals surface area contributed by atoms with Crippen LogP contribution in [-0.2, 0) is 11.2 Å². The second-order valence-electron chi connectivity index (χ2n) is 11.4. The van der Waals surface area contributed by atoms with Gasteiger partial charge in [0, 0.05) is 31.8 Å². The number of aliphatic hydroxyl groups excluding tert-OH is 2. The van der Waals surface area contributed by atoms with E-state index in [1.165, 1.54) is 0 Å². The van der Waals surface area contributed by atoms with Crippen molar-refractivity contribution in [2.75, 3.05) is 39.9 Å². The first kappa shape index (κ1) is 34.0. The third-order valence-electron chi connectivity index (χ3n) is 7.86. The molecule has 0 fully saturated rings. The maximum Gasteiger partial charge on any atom is 0.176 e. The van der Waals surface area contributed by atoms with Gasteiger partial charge in [0.1, 0.15) is 18.2 Å². The third-order valence-corrected chi connectivity index (χ3v) is 7.86. The van der Waals surface area contributed by atoms with Gasteiger partial charge in [0.05, 0.1) is 18.1 Å². The van der Waals surface area contributed by atoms with Gasteiger partial charge in [-0.15, -0.1) is 4.99 Å². The summed E-state index contributed by atoms with van der Waals surface area (Å²) in [4.78, 5) is 4.72. The summed E-state index contributed by atoms with van der Waals surface area (Å²) in [5.74, 6) is 0.731. The zero-order valence-corrected chi connectivity index (χ0v) is 26.0. The van der Waals surface area contributed by atoms with Crippen molar-refractivity contribution in [3.05, 3.63) is 59.2 Å². The molecule has 3 rings (SSSR count). The number of ether oxygens (including phenoxy) is 2. The Morgan fingerprint density at radius 2 is 2.00 bits per heavy atom. The number of aliphatic hydroxyl groups is 2. The smallest absolute Gasteiger partial charge is 0.176 e. The van der Waals surface area contributed by atoms with Crippen molar-refractivity contribution < 1.29 is 24.8 Å². The minimum absolute atomic E-state index is 0.0188. The van der Waals surface area contributed by atoms with Gasteiger partial charge in [-0.1, -0.05) is 45.3 Å². The molecule has 2 aliphatic heterocycles. The lowest BCUT2D eigenvalue weighted by Gasteiger charge is -2.24. The lowest BCUT2D eigenvalue weighted by Crippen LogP contribution is -2.45. The molecule has 2 heterocycles. The van der Waals surface area contributed by atoms with E-state index in [1.54, 1.807) is 13.0 Å². The van der Waals surface area contributed by atoms with Crippen molar-refractivity contribution in [3.8, 4) is 11.5 Å². The van der Waals surface area contributed by atoms with Gasteiger partial charge < -0.3 is 35.4 Å². The van der Waals surface area contributed by atoms with Gasteiger partial charge in [0.2, 0.25) is 0 Å². The molecule has 1 aromatic rings. The van der Waals surface area contributed by atoms with Gasteiger partial charge in [-0.05, 0) is 58.0 Å². The lowest BCUT2D eigenvalue weighted by molar-refractivity contribution is 0.103. The summed E-state index contributed by atoms with van der Waals surface area (Å²) < 4.78 is 12.3. The van der Waals surface area contributed by atoms with Crippen LogP contribution in [0, 0.1) is 18.1 Å². The fraction of sp³-hybridized carbons (Fsp3) is 0.606. The number of phenols is 1. The molecule has 5 unspecified atom stereocenters. The van der Waals surface area contributed by atoms with Crippen LogP contribution in [0.4, 0.5) is 0 Å². The van der Waals surface area contributed by atoms with Crippen LogP contribution in [0.3, 0.4) is 0 Å². The van der Waals surface area contributed by atoms with Gasteiger partial charge in [-0.25, -0.2) is 0 Å². The first-order valence-electron chi connectivity index (χ1n) is 15.5. The normalized spacial score (nSPS) is 19.5. The van der Waals surface area contributed by atoms with Crippen LogP contribution in [-0.4, -0.2) is 85.7 Å². The zero-order chi connectivity index (χ0) is 30.5. The number of hydrogen-bond acceptors (Lipinski definition) is 9. The number of benzene rings is 1. The number of phenolic OH excluding ortho intramolecular Hbond substituents is 1. The lowest BCUT2D eigenvalue weighted by atomic mass is 9.92. The SMILES string of the molecule is CCCCC1O[C-](CCc2ccc(O)c(OCC(NCC)[C+]3C=C(C(C)C(CNC)NCC(C)O)C=N3)c2)C=C1CO. The summed E-state index contributed by atoms with van der Waals surface area (Å²) in [5, 5.41) is 40.1. The van der Waals surface area contributed by atoms with Gasteiger partial charge in [0.15, 0.2) is 23.8 Å². The van der Waals surface area contributed by atoms with E-state index >= 15 is 0 Å². The molecule has 9 nitrogen and oxygen atoms in total. The molecule has 0 saturated heterocycles. The molecule has 42 heavy (non-hydrogen) atoms. The van der Waals surface area contributed by atoms with Crippen LogP contribution in [0.25, 0.3) is 0 Å². The molecular weight excluding hydrogens is 532 g/mol. The topological polar surface area (TPSA) is 128 Å². The van der Waals surface area contributed by atoms with Gasteiger partial charge in [-0.2, -0.15) is 11.6 Å². The fourth-order valence-electron chi connectivity index (χ4n) is 5.30. The Labute approximate surface area is 252 Å². The van der Waals surface area contributed by atoms with Crippen LogP contribution < -0.4 is 20.7 Å². The number of rotatable bonds is 20. The first-order chi connectivity index (χ1) is 20.3. The molecule has 0 spiro atoms. The highest BCUT2D eigenvalue weighted by atomic mass is 16.5. The molecule has 5 atom stereocenters. The summed E-state index contributed by atoms with van der Waals surface area (Å²) >= 11 is 0.